The Hall–Kier alpha value is -2.64. The number of aromatic nitrogens is 2. The molecule has 1 aliphatic rings. The van der Waals surface area contributed by atoms with Crippen molar-refractivity contribution in [1.29, 1.82) is 0 Å². The molecule has 2 aromatic carbocycles. The van der Waals surface area contributed by atoms with Crippen LogP contribution >= 0.6 is 11.8 Å². The van der Waals surface area contributed by atoms with Gasteiger partial charge in [0, 0.05) is 20.2 Å². The maximum Gasteiger partial charge on any atom is 0.262 e. The minimum atomic E-state index is -0.0793. The first-order chi connectivity index (χ1) is 15.0. The second-order valence-electron chi connectivity index (χ2n) is 7.93. The highest BCUT2D eigenvalue weighted by Gasteiger charge is 2.21. The van der Waals surface area contributed by atoms with E-state index >= 15 is 0 Å². The molecule has 1 aromatic heterocycles. The van der Waals surface area contributed by atoms with Crippen LogP contribution in [0.1, 0.15) is 24.0 Å². The summed E-state index contributed by atoms with van der Waals surface area (Å²) in [7, 11) is 1.81. The van der Waals surface area contributed by atoms with Crippen LogP contribution in [-0.2, 0) is 22.6 Å². The average Bonchev–Trinajstić information content (AvgIpc) is 3.29. The molecule has 0 aliphatic carbocycles. The van der Waals surface area contributed by atoms with Crippen molar-refractivity contribution in [2.75, 3.05) is 19.4 Å². The number of nitrogens with zero attached hydrogens (tertiary/aromatic N) is 3. The van der Waals surface area contributed by atoms with Gasteiger partial charge >= 0.3 is 0 Å². The zero-order chi connectivity index (χ0) is 21.8. The lowest BCUT2D eigenvalue weighted by Gasteiger charge is -2.19. The topological polar surface area (TPSA) is 64.4 Å². The summed E-state index contributed by atoms with van der Waals surface area (Å²) in [6.45, 7) is 3.79. The van der Waals surface area contributed by atoms with E-state index in [0.717, 1.165) is 30.6 Å². The summed E-state index contributed by atoms with van der Waals surface area (Å²) in [6, 6.07) is 15.4. The van der Waals surface area contributed by atoms with Gasteiger partial charge in [0.15, 0.2) is 5.16 Å². The minimum absolute atomic E-state index is 0.000623. The number of amides is 1. The van der Waals surface area contributed by atoms with Crippen LogP contribution in [0.3, 0.4) is 0 Å². The maximum absolute atomic E-state index is 13.2. The second kappa shape index (κ2) is 9.66. The number of benzene rings is 2. The van der Waals surface area contributed by atoms with Gasteiger partial charge in [-0.1, -0.05) is 48.2 Å². The molecule has 0 radical (unpaired) electrons. The molecule has 0 saturated carbocycles. The number of aryl methyl sites for hydroxylation is 1. The van der Waals surface area contributed by atoms with Crippen molar-refractivity contribution in [1.82, 2.24) is 14.5 Å². The lowest BCUT2D eigenvalue weighted by atomic mass is 10.1. The SMILES string of the molecule is Cc1ccccc1CN(C)C(=O)CSc1nc2ccccc2c(=O)n1CC1CCCO1. The van der Waals surface area contributed by atoms with Crippen molar-refractivity contribution in [3.05, 3.63) is 70.0 Å². The van der Waals surface area contributed by atoms with Crippen LogP contribution in [0.5, 0.6) is 0 Å². The Labute approximate surface area is 186 Å². The van der Waals surface area contributed by atoms with Crippen molar-refractivity contribution in [2.45, 2.75) is 44.1 Å². The molecular formula is C24H27N3O3S. The van der Waals surface area contributed by atoms with Crippen LogP contribution < -0.4 is 5.56 Å². The predicted molar refractivity (Wildman–Crippen MR) is 123 cm³/mol. The van der Waals surface area contributed by atoms with Gasteiger partial charge in [-0.05, 0) is 43.0 Å². The van der Waals surface area contributed by atoms with Gasteiger partial charge in [-0.2, -0.15) is 0 Å². The highest BCUT2D eigenvalue weighted by atomic mass is 32.2. The Balaban J connectivity index is 1.53. The third-order valence-electron chi connectivity index (χ3n) is 5.66. The Morgan fingerprint density at radius 3 is 2.77 bits per heavy atom. The Kier molecular flexibility index (Phi) is 6.73. The molecule has 162 valence electrons. The summed E-state index contributed by atoms with van der Waals surface area (Å²) in [5, 5.41) is 1.16. The number of carbonyl (C=O) groups is 1. The molecule has 0 N–H and O–H groups in total. The number of fused-ring (bicyclic) bond motifs is 1. The van der Waals surface area contributed by atoms with Crippen molar-refractivity contribution in [2.24, 2.45) is 0 Å². The van der Waals surface area contributed by atoms with E-state index in [1.54, 1.807) is 15.5 Å². The first kappa shape index (κ1) is 21.6. The summed E-state index contributed by atoms with van der Waals surface area (Å²) < 4.78 is 7.43. The van der Waals surface area contributed by atoms with Crippen LogP contribution in [0.4, 0.5) is 0 Å². The number of hydrogen-bond acceptors (Lipinski definition) is 5. The van der Waals surface area contributed by atoms with Gasteiger partial charge < -0.3 is 9.64 Å². The number of thioether (sulfide) groups is 1. The molecular weight excluding hydrogens is 410 g/mol. The fourth-order valence-electron chi connectivity index (χ4n) is 3.78. The Morgan fingerprint density at radius 1 is 1.23 bits per heavy atom. The van der Waals surface area contributed by atoms with Crippen LogP contribution in [0, 0.1) is 6.92 Å². The van der Waals surface area contributed by atoms with Gasteiger partial charge in [0.1, 0.15) is 0 Å². The number of para-hydroxylation sites is 1. The van der Waals surface area contributed by atoms with Crippen LogP contribution in [0.15, 0.2) is 58.5 Å². The van der Waals surface area contributed by atoms with E-state index < -0.39 is 0 Å². The molecule has 1 fully saturated rings. The molecule has 1 saturated heterocycles. The van der Waals surface area contributed by atoms with Crippen molar-refractivity contribution < 1.29 is 9.53 Å². The van der Waals surface area contributed by atoms with Crippen LogP contribution in [-0.4, -0.2) is 45.9 Å². The summed E-state index contributed by atoms with van der Waals surface area (Å²) in [6.07, 6.45) is 1.95. The lowest BCUT2D eigenvalue weighted by Crippen LogP contribution is -2.30. The fraction of sp³-hybridized carbons (Fsp3) is 0.375. The summed E-state index contributed by atoms with van der Waals surface area (Å²) >= 11 is 1.32. The smallest absolute Gasteiger partial charge is 0.262 e. The van der Waals surface area contributed by atoms with E-state index in [-0.39, 0.29) is 23.3 Å². The van der Waals surface area contributed by atoms with Gasteiger partial charge in [0.2, 0.25) is 5.91 Å². The average molecular weight is 438 g/mol. The second-order valence-corrected chi connectivity index (χ2v) is 8.87. The number of ether oxygens (including phenoxy) is 1. The first-order valence-corrected chi connectivity index (χ1v) is 11.5. The maximum atomic E-state index is 13.2. The Morgan fingerprint density at radius 2 is 2.00 bits per heavy atom. The summed E-state index contributed by atoms with van der Waals surface area (Å²) in [5.74, 6) is 0.220. The molecule has 31 heavy (non-hydrogen) atoms. The highest BCUT2D eigenvalue weighted by Crippen LogP contribution is 2.21. The van der Waals surface area contributed by atoms with E-state index in [9.17, 15) is 9.59 Å². The minimum Gasteiger partial charge on any atom is -0.376 e. The molecule has 4 rings (SSSR count). The predicted octanol–water partition coefficient (Wildman–Crippen LogP) is 3.63. The van der Waals surface area contributed by atoms with E-state index in [4.69, 9.17) is 9.72 Å². The molecule has 6 nitrogen and oxygen atoms in total. The molecule has 1 unspecified atom stereocenters. The van der Waals surface area contributed by atoms with Crippen molar-refractivity contribution in [3.8, 4) is 0 Å². The van der Waals surface area contributed by atoms with Crippen molar-refractivity contribution >= 4 is 28.6 Å². The van der Waals surface area contributed by atoms with Gasteiger partial charge in [-0.3, -0.25) is 14.2 Å². The van der Waals surface area contributed by atoms with Crippen LogP contribution in [0.2, 0.25) is 0 Å². The van der Waals surface area contributed by atoms with Gasteiger partial charge in [0.25, 0.3) is 5.56 Å². The molecule has 7 heteroatoms. The third kappa shape index (κ3) is 4.99. The van der Waals surface area contributed by atoms with Crippen LogP contribution in [0.25, 0.3) is 10.9 Å². The van der Waals surface area contributed by atoms with E-state index in [1.165, 1.54) is 11.8 Å². The zero-order valence-corrected chi connectivity index (χ0v) is 18.7. The zero-order valence-electron chi connectivity index (χ0n) is 17.9. The Bertz CT molecular complexity index is 1140. The van der Waals surface area contributed by atoms with Crippen molar-refractivity contribution in [3.63, 3.8) is 0 Å². The quantitative estimate of drug-likeness (QED) is 0.417. The van der Waals surface area contributed by atoms with E-state index in [0.29, 0.717) is 29.1 Å². The molecule has 1 amide bonds. The summed E-state index contributed by atoms with van der Waals surface area (Å²) in [5.41, 5.74) is 2.86. The molecule has 0 bridgehead atoms. The number of hydrogen-bond donors (Lipinski definition) is 0. The molecule has 0 spiro atoms. The lowest BCUT2D eigenvalue weighted by molar-refractivity contribution is -0.127. The van der Waals surface area contributed by atoms with Gasteiger partial charge in [-0.25, -0.2) is 4.98 Å². The van der Waals surface area contributed by atoms with E-state index in [2.05, 4.69) is 0 Å². The van der Waals surface area contributed by atoms with E-state index in [1.807, 2.05) is 56.4 Å². The largest absolute Gasteiger partial charge is 0.376 e. The standard InChI is InChI=1S/C24H27N3O3S/c1-17-8-3-4-9-18(17)14-26(2)22(28)16-31-24-25-21-12-6-5-11-20(21)23(29)27(24)15-19-10-7-13-30-19/h3-6,8-9,11-12,19H,7,10,13-16H2,1-2H3. The molecule has 3 aromatic rings. The monoisotopic (exact) mass is 437 g/mol. The number of rotatable bonds is 7. The number of carbonyl (C=O) groups excluding carboxylic acids is 1. The molecule has 1 aliphatic heterocycles. The molecule has 2 heterocycles. The fourth-order valence-corrected chi connectivity index (χ4v) is 4.73. The molecule has 1 atom stereocenters. The highest BCUT2D eigenvalue weighted by molar-refractivity contribution is 7.99. The van der Waals surface area contributed by atoms with Gasteiger partial charge in [-0.15, -0.1) is 0 Å². The third-order valence-corrected chi connectivity index (χ3v) is 6.62. The first-order valence-electron chi connectivity index (χ1n) is 10.6. The summed E-state index contributed by atoms with van der Waals surface area (Å²) in [4.78, 5) is 32.4. The van der Waals surface area contributed by atoms with Gasteiger partial charge in [0.05, 0.1) is 29.3 Å². The normalized spacial score (nSPS) is 16.0.